The number of fused-ring (bicyclic) bond motifs is 1. The first-order valence-corrected chi connectivity index (χ1v) is 12.1. The van der Waals surface area contributed by atoms with Gasteiger partial charge in [-0.2, -0.15) is 0 Å². The predicted molar refractivity (Wildman–Crippen MR) is 137 cm³/mol. The van der Waals surface area contributed by atoms with Crippen molar-refractivity contribution >= 4 is 29.2 Å². The number of carbonyl (C=O) groups is 3. The Morgan fingerprint density at radius 3 is 2.31 bits per heavy atom. The summed E-state index contributed by atoms with van der Waals surface area (Å²) in [6, 6.07) is 15.5. The zero-order valence-corrected chi connectivity index (χ0v) is 20.9. The number of urea groups is 1. The van der Waals surface area contributed by atoms with Crippen molar-refractivity contribution < 1.29 is 14.4 Å². The first-order valence-electron chi connectivity index (χ1n) is 12.1. The molecule has 2 aromatic rings. The summed E-state index contributed by atoms with van der Waals surface area (Å²) in [5.74, 6) is -0.502. The number of hydrogen-bond acceptors (Lipinski definition) is 4. The molecule has 4 rings (SSSR count). The number of anilines is 2. The molecule has 0 aromatic heterocycles. The second-order valence-corrected chi connectivity index (χ2v) is 10.8. The van der Waals surface area contributed by atoms with Gasteiger partial charge in [-0.25, -0.2) is 4.79 Å². The van der Waals surface area contributed by atoms with Crippen LogP contribution in [0.5, 0.6) is 0 Å². The Morgan fingerprint density at radius 2 is 1.63 bits per heavy atom. The van der Waals surface area contributed by atoms with Gasteiger partial charge in [-0.15, -0.1) is 0 Å². The number of para-hydroxylation sites is 2. The second kappa shape index (κ2) is 9.70. The molecule has 1 saturated heterocycles. The van der Waals surface area contributed by atoms with Gasteiger partial charge in [0.15, 0.2) is 0 Å². The van der Waals surface area contributed by atoms with Crippen LogP contribution in [0, 0.1) is 0 Å². The SMILES string of the molecule is CC1(C)CC(NC(=O)[C@H](Cc2ccccc2)NC(=O)N2CC(=O)Nc3ccccc32)CC(C)(C)N1. The smallest absolute Gasteiger partial charge is 0.323 e. The first kappa shape index (κ1) is 24.7. The van der Waals surface area contributed by atoms with Gasteiger partial charge in [0.25, 0.3) is 0 Å². The number of nitrogens with zero attached hydrogens (tertiary/aromatic N) is 1. The van der Waals surface area contributed by atoms with E-state index in [-0.39, 0.29) is 35.5 Å². The van der Waals surface area contributed by atoms with E-state index in [0.29, 0.717) is 17.8 Å². The summed E-state index contributed by atoms with van der Waals surface area (Å²) in [6.07, 6.45) is 1.92. The lowest BCUT2D eigenvalue weighted by Crippen LogP contribution is -2.63. The maximum Gasteiger partial charge on any atom is 0.323 e. The molecule has 2 aliphatic rings. The molecular weight excluding hydrogens is 442 g/mol. The van der Waals surface area contributed by atoms with E-state index in [2.05, 4.69) is 49.0 Å². The average molecular weight is 478 g/mol. The highest BCUT2D eigenvalue weighted by atomic mass is 16.2. The van der Waals surface area contributed by atoms with E-state index in [4.69, 9.17) is 0 Å². The van der Waals surface area contributed by atoms with Crippen molar-refractivity contribution in [1.82, 2.24) is 16.0 Å². The lowest BCUT2D eigenvalue weighted by atomic mass is 9.79. The van der Waals surface area contributed by atoms with E-state index < -0.39 is 12.1 Å². The number of piperidine rings is 1. The van der Waals surface area contributed by atoms with Gasteiger partial charge in [0.2, 0.25) is 11.8 Å². The van der Waals surface area contributed by atoms with E-state index in [0.717, 1.165) is 18.4 Å². The monoisotopic (exact) mass is 477 g/mol. The summed E-state index contributed by atoms with van der Waals surface area (Å²) in [6.45, 7) is 8.42. The Kier molecular flexibility index (Phi) is 6.85. The van der Waals surface area contributed by atoms with Crippen LogP contribution in [0.3, 0.4) is 0 Å². The minimum absolute atomic E-state index is 0.0228. The van der Waals surface area contributed by atoms with Crippen molar-refractivity contribution in [3.63, 3.8) is 0 Å². The van der Waals surface area contributed by atoms with Crippen LogP contribution in [0.4, 0.5) is 16.2 Å². The Bertz CT molecular complexity index is 1080. The van der Waals surface area contributed by atoms with Gasteiger partial charge in [0.1, 0.15) is 12.6 Å². The minimum atomic E-state index is -0.789. The molecule has 0 saturated carbocycles. The molecule has 1 atom stereocenters. The lowest BCUT2D eigenvalue weighted by molar-refractivity contribution is -0.124. The van der Waals surface area contributed by atoms with E-state index in [1.54, 1.807) is 18.2 Å². The third-order valence-corrected chi connectivity index (χ3v) is 6.45. The molecule has 4 amide bonds. The molecule has 0 bridgehead atoms. The number of amides is 4. The van der Waals surface area contributed by atoms with E-state index in [1.165, 1.54) is 4.90 Å². The van der Waals surface area contributed by atoms with Crippen LogP contribution in [0.1, 0.15) is 46.1 Å². The van der Waals surface area contributed by atoms with Crippen LogP contribution in [0.25, 0.3) is 0 Å². The maximum atomic E-state index is 13.5. The maximum absolute atomic E-state index is 13.5. The number of benzene rings is 2. The standard InChI is InChI=1S/C27H35N5O3/c1-26(2)15-19(16-27(3,4)31-26)28-24(34)21(14-18-10-6-5-7-11-18)30-25(35)32-17-23(33)29-20-12-8-9-13-22(20)32/h5-13,19,21,31H,14-17H2,1-4H3,(H,28,34)(H,29,33)(H,30,35)/t21-/m0/s1. The highest BCUT2D eigenvalue weighted by molar-refractivity contribution is 6.10. The summed E-state index contributed by atoms with van der Waals surface area (Å²) < 4.78 is 0. The molecule has 0 radical (unpaired) electrons. The Hall–Kier alpha value is -3.39. The Morgan fingerprint density at radius 1 is 1.00 bits per heavy atom. The van der Waals surface area contributed by atoms with Crippen molar-refractivity contribution in [1.29, 1.82) is 0 Å². The number of carbonyl (C=O) groups excluding carboxylic acids is 3. The number of rotatable bonds is 5. The molecule has 4 N–H and O–H groups in total. The van der Waals surface area contributed by atoms with Crippen LogP contribution < -0.4 is 26.2 Å². The Labute approximate surface area is 206 Å². The summed E-state index contributed by atoms with van der Waals surface area (Å²) in [4.78, 5) is 40.5. The van der Waals surface area contributed by atoms with Gasteiger partial charge in [-0.05, 0) is 58.2 Å². The van der Waals surface area contributed by atoms with Gasteiger partial charge in [0.05, 0.1) is 11.4 Å². The second-order valence-electron chi connectivity index (χ2n) is 10.8. The van der Waals surface area contributed by atoms with Gasteiger partial charge in [0, 0.05) is 23.5 Å². The molecule has 2 aromatic carbocycles. The average Bonchev–Trinajstić information content (AvgIpc) is 2.76. The molecule has 0 spiro atoms. The normalized spacial score (nSPS) is 19.8. The van der Waals surface area contributed by atoms with Crippen LogP contribution in [0.2, 0.25) is 0 Å². The molecule has 8 heteroatoms. The van der Waals surface area contributed by atoms with E-state index in [1.807, 2.05) is 36.4 Å². The number of hydrogen-bond donors (Lipinski definition) is 4. The van der Waals surface area contributed by atoms with Gasteiger partial charge in [-0.1, -0.05) is 42.5 Å². The van der Waals surface area contributed by atoms with Crippen molar-refractivity contribution in [2.45, 2.75) is 70.1 Å². The highest BCUT2D eigenvalue weighted by Gasteiger charge is 2.39. The highest BCUT2D eigenvalue weighted by Crippen LogP contribution is 2.30. The predicted octanol–water partition coefficient (Wildman–Crippen LogP) is 3.19. The van der Waals surface area contributed by atoms with Gasteiger partial charge >= 0.3 is 6.03 Å². The molecular formula is C27H35N5O3. The van der Waals surface area contributed by atoms with Crippen LogP contribution in [0.15, 0.2) is 54.6 Å². The molecule has 35 heavy (non-hydrogen) atoms. The third-order valence-electron chi connectivity index (χ3n) is 6.45. The van der Waals surface area contributed by atoms with Crippen molar-refractivity contribution in [2.24, 2.45) is 0 Å². The molecule has 8 nitrogen and oxygen atoms in total. The van der Waals surface area contributed by atoms with Gasteiger partial charge < -0.3 is 21.3 Å². The Balaban J connectivity index is 1.54. The van der Waals surface area contributed by atoms with Crippen LogP contribution in [-0.2, 0) is 16.0 Å². The topological polar surface area (TPSA) is 103 Å². The fourth-order valence-electron chi connectivity index (χ4n) is 5.43. The van der Waals surface area contributed by atoms with Crippen molar-refractivity contribution in [3.05, 3.63) is 60.2 Å². The number of nitrogens with one attached hydrogen (secondary N) is 4. The molecule has 186 valence electrons. The summed E-state index contributed by atoms with van der Waals surface area (Å²) in [5, 5.41) is 12.5. The summed E-state index contributed by atoms with van der Waals surface area (Å²) in [5.41, 5.74) is 1.87. The lowest BCUT2D eigenvalue weighted by Gasteiger charge is -2.46. The molecule has 0 unspecified atom stereocenters. The minimum Gasteiger partial charge on any atom is -0.351 e. The van der Waals surface area contributed by atoms with Crippen LogP contribution in [-0.4, -0.2) is 47.6 Å². The van der Waals surface area contributed by atoms with Crippen LogP contribution >= 0.6 is 0 Å². The quantitative estimate of drug-likeness (QED) is 0.531. The van der Waals surface area contributed by atoms with Gasteiger partial charge in [-0.3, -0.25) is 14.5 Å². The van der Waals surface area contributed by atoms with E-state index in [9.17, 15) is 14.4 Å². The zero-order valence-electron chi connectivity index (χ0n) is 20.9. The first-order chi connectivity index (χ1) is 16.5. The third kappa shape index (κ3) is 6.19. The van der Waals surface area contributed by atoms with E-state index >= 15 is 0 Å². The van der Waals surface area contributed by atoms with Crippen molar-refractivity contribution in [3.8, 4) is 0 Å². The molecule has 2 heterocycles. The largest absolute Gasteiger partial charge is 0.351 e. The zero-order chi connectivity index (χ0) is 25.2. The molecule has 1 fully saturated rings. The molecule has 0 aliphatic carbocycles. The fraction of sp³-hybridized carbons (Fsp3) is 0.444. The molecule has 2 aliphatic heterocycles. The summed E-state index contributed by atoms with van der Waals surface area (Å²) >= 11 is 0. The van der Waals surface area contributed by atoms with Crippen molar-refractivity contribution in [2.75, 3.05) is 16.8 Å². The summed E-state index contributed by atoms with van der Waals surface area (Å²) in [7, 11) is 0. The fourth-order valence-corrected chi connectivity index (χ4v) is 5.43.